The van der Waals surface area contributed by atoms with E-state index in [9.17, 15) is 13.6 Å². The number of hydrogen-bond donors (Lipinski definition) is 1. The van der Waals surface area contributed by atoms with Crippen molar-refractivity contribution in [2.24, 2.45) is 0 Å². The van der Waals surface area contributed by atoms with Crippen molar-refractivity contribution in [1.82, 2.24) is 9.97 Å². The van der Waals surface area contributed by atoms with Crippen LogP contribution in [0.3, 0.4) is 0 Å². The Morgan fingerprint density at radius 2 is 2.11 bits per heavy atom. The summed E-state index contributed by atoms with van der Waals surface area (Å²) >= 11 is 0. The molecule has 5 nitrogen and oxygen atoms in total. The van der Waals surface area contributed by atoms with Crippen molar-refractivity contribution in [2.75, 3.05) is 12.8 Å². The topological polar surface area (TPSA) is 78.1 Å². The summed E-state index contributed by atoms with van der Waals surface area (Å²) in [7, 11) is 1.40. The Kier molecular flexibility index (Phi) is 5.34. The van der Waals surface area contributed by atoms with Crippen molar-refractivity contribution in [3.63, 3.8) is 0 Å². The van der Waals surface area contributed by atoms with Crippen LogP contribution >= 0.6 is 0 Å². The van der Waals surface area contributed by atoms with Gasteiger partial charge >= 0.3 is 0 Å². The molecular weight excluding hydrogens is 256 g/mol. The van der Waals surface area contributed by atoms with Crippen molar-refractivity contribution in [3.05, 3.63) is 47.8 Å². The predicted molar refractivity (Wildman–Crippen MR) is 64.7 cm³/mol. The van der Waals surface area contributed by atoms with Crippen LogP contribution in [0.15, 0.2) is 30.5 Å². The Hall–Kier alpha value is -2.57. The smallest absolute Gasteiger partial charge is 0.214 e. The van der Waals surface area contributed by atoms with Gasteiger partial charge in [0.15, 0.2) is 12.1 Å². The van der Waals surface area contributed by atoms with Crippen LogP contribution in [-0.4, -0.2) is 23.4 Å². The Balaban J connectivity index is 0.000000200. The molecule has 0 radical (unpaired) electrons. The van der Waals surface area contributed by atoms with E-state index in [2.05, 4.69) is 14.7 Å². The van der Waals surface area contributed by atoms with Crippen LogP contribution in [0.4, 0.5) is 14.6 Å². The number of ether oxygens (including phenoxy) is 1. The molecule has 2 heterocycles. The van der Waals surface area contributed by atoms with E-state index < -0.39 is 11.8 Å². The Labute approximate surface area is 108 Å². The van der Waals surface area contributed by atoms with Crippen LogP contribution in [0, 0.1) is 11.8 Å². The second-order valence-corrected chi connectivity index (χ2v) is 3.25. The average Bonchev–Trinajstić information content (AvgIpc) is 2.40. The summed E-state index contributed by atoms with van der Waals surface area (Å²) in [6.45, 7) is 0. The van der Waals surface area contributed by atoms with Gasteiger partial charge < -0.3 is 10.5 Å². The summed E-state index contributed by atoms with van der Waals surface area (Å²) in [6, 6.07) is 5.53. The van der Waals surface area contributed by atoms with Crippen molar-refractivity contribution in [2.45, 2.75) is 0 Å². The van der Waals surface area contributed by atoms with Gasteiger partial charge in [-0.05, 0) is 12.1 Å². The van der Waals surface area contributed by atoms with Gasteiger partial charge in [-0.3, -0.25) is 4.79 Å². The van der Waals surface area contributed by atoms with Crippen molar-refractivity contribution in [3.8, 4) is 5.88 Å². The maximum absolute atomic E-state index is 12.6. The molecule has 100 valence electrons. The van der Waals surface area contributed by atoms with E-state index in [4.69, 9.17) is 5.73 Å². The van der Waals surface area contributed by atoms with E-state index in [1.807, 2.05) is 0 Å². The Bertz CT molecular complexity index is 547. The molecule has 2 rings (SSSR count). The molecule has 0 saturated carbocycles. The van der Waals surface area contributed by atoms with Gasteiger partial charge in [-0.25, -0.2) is 14.4 Å². The van der Waals surface area contributed by atoms with Gasteiger partial charge in [0, 0.05) is 6.07 Å². The number of rotatable bonds is 2. The first-order valence-corrected chi connectivity index (χ1v) is 5.09. The van der Waals surface area contributed by atoms with Crippen molar-refractivity contribution in [1.29, 1.82) is 0 Å². The highest BCUT2D eigenvalue weighted by atomic mass is 19.1. The first kappa shape index (κ1) is 14.5. The molecule has 2 N–H and O–H groups in total. The maximum Gasteiger partial charge on any atom is 0.214 e. The Morgan fingerprint density at radius 3 is 2.58 bits per heavy atom. The van der Waals surface area contributed by atoms with Crippen LogP contribution in [0.5, 0.6) is 5.88 Å². The molecule has 0 fully saturated rings. The third-order valence-electron chi connectivity index (χ3n) is 1.93. The summed E-state index contributed by atoms with van der Waals surface area (Å²) in [4.78, 5) is 17.0. The SMILES string of the molecule is COc1cc(C=O)c(F)cn1.Nc1cccc(F)n1. The minimum atomic E-state index is -0.638. The third-order valence-corrected chi connectivity index (χ3v) is 1.93. The van der Waals surface area contributed by atoms with E-state index in [0.717, 1.165) is 6.20 Å². The van der Waals surface area contributed by atoms with Gasteiger partial charge in [-0.15, -0.1) is 0 Å². The zero-order chi connectivity index (χ0) is 14.3. The van der Waals surface area contributed by atoms with Gasteiger partial charge in [0.25, 0.3) is 0 Å². The number of aromatic nitrogens is 2. The minimum absolute atomic E-state index is 0.0446. The van der Waals surface area contributed by atoms with Crippen LogP contribution in [0.2, 0.25) is 0 Å². The summed E-state index contributed by atoms with van der Waals surface area (Å²) < 4.78 is 29.2. The second-order valence-electron chi connectivity index (χ2n) is 3.25. The van der Waals surface area contributed by atoms with Crippen LogP contribution in [0.25, 0.3) is 0 Å². The molecule has 0 atom stereocenters. The number of carbonyl (C=O) groups excluding carboxylic acids is 1. The number of aldehydes is 1. The number of methoxy groups -OCH3 is 1. The summed E-state index contributed by atoms with van der Waals surface area (Å²) in [5.74, 6) is -0.732. The second kappa shape index (κ2) is 7.00. The molecule has 0 bridgehead atoms. The molecule has 0 saturated heterocycles. The lowest BCUT2D eigenvalue weighted by molar-refractivity contribution is 0.111. The molecule has 0 aromatic carbocycles. The molecule has 0 aliphatic rings. The van der Waals surface area contributed by atoms with E-state index in [0.29, 0.717) is 6.29 Å². The highest BCUT2D eigenvalue weighted by Gasteiger charge is 2.02. The fraction of sp³-hybridized carbons (Fsp3) is 0.0833. The van der Waals surface area contributed by atoms with Gasteiger partial charge in [0.1, 0.15) is 5.82 Å². The van der Waals surface area contributed by atoms with Gasteiger partial charge in [-0.2, -0.15) is 4.39 Å². The highest BCUT2D eigenvalue weighted by molar-refractivity contribution is 5.75. The molecule has 2 aromatic heterocycles. The van der Waals surface area contributed by atoms with E-state index in [1.54, 1.807) is 0 Å². The molecule has 0 aliphatic carbocycles. The fourth-order valence-electron chi connectivity index (χ4n) is 1.06. The molecule has 7 heteroatoms. The normalized spacial score (nSPS) is 9.21. The average molecular weight is 267 g/mol. The number of pyridine rings is 2. The predicted octanol–water partition coefficient (Wildman–Crippen LogP) is 1.84. The lowest BCUT2D eigenvalue weighted by Crippen LogP contribution is -1.93. The van der Waals surface area contributed by atoms with Gasteiger partial charge in [-0.1, -0.05) is 6.07 Å². The molecule has 0 amide bonds. The summed E-state index contributed by atoms with van der Waals surface area (Å²) in [5.41, 5.74) is 5.06. The fourth-order valence-corrected chi connectivity index (χ4v) is 1.06. The van der Waals surface area contributed by atoms with Gasteiger partial charge in [0.05, 0.1) is 18.9 Å². The van der Waals surface area contributed by atoms with E-state index in [-0.39, 0.29) is 17.3 Å². The summed E-state index contributed by atoms with van der Waals surface area (Å²) in [5, 5.41) is 0. The van der Waals surface area contributed by atoms with Crippen molar-refractivity contribution >= 4 is 12.1 Å². The number of nitrogen functional groups attached to an aromatic ring is 1. The number of nitrogens with two attached hydrogens (primary N) is 1. The number of hydrogen-bond acceptors (Lipinski definition) is 5. The zero-order valence-corrected chi connectivity index (χ0v) is 10.0. The maximum atomic E-state index is 12.6. The molecular formula is C12H11F2N3O2. The number of halogens is 2. The molecule has 0 spiro atoms. The minimum Gasteiger partial charge on any atom is -0.481 e. The number of carbonyl (C=O) groups is 1. The third kappa shape index (κ3) is 4.66. The number of anilines is 1. The van der Waals surface area contributed by atoms with Crippen LogP contribution in [0.1, 0.15) is 10.4 Å². The monoisotopic (exact) mass is 267 g/mol. The van der Waals surface area contributed by atoms with Crippen LogP contribution in [-0.2, 0) is 0 Å². The Morgan fingerprint density at radius 1 is 1.37 bits per heavy atom. The molecule has 0 unspecified atom stereocenters. The van der Waals surface area contributed by atoms with Crippen LogP contribution < -0.4 is 10.5 Å². The zero-order valence-electron chi connectivity index (χ0n) is 10.0. The lowest BCUT2D eigenvalue weighted by atomic mass is 10.3. The quantitative estimate of drug-likeness (QED) is 0.663. The molecule has 2 aromatic rings. The lowest BCUT2D eigenvalue weighted by Gasteiger charge is -1.98. The summed E-state index contributed by atoms with van der Waals surface area (Å²) in [6.07, 6.45) is 1.36. The molecule has 19 heavy (non-hydrogen) atoms. The first-order chi connectivity index (χ1) is 9.06. The number of nitrogens with zero attached hydrogens (tertiary/aromatic N) is 2. The standard InChI is InChI=1S/C7H6FNO2.C5H5FN2/c1-11-7-2-5(4-10)6(8)3-9-7;6-4-2-1-3-5(7)8-4/h2-4H,1H3;1-3H,(H2,7,8). The highest BCUT2D eigenvalue weighted by Crippen LogP contribution is 2.10. The van der Waals surface area contributed by atoms with Gasteiger partial charge in [0.2, 0.25) is 11.8 Å². The van der Waals surface area contributed by atoms with E-state index >= 15 is 0 Å². The van der Waals surface area contributed by atoms with E-state index in [1.165, 1.54) is 31.4 Å². The molecule has 0 aliphatic heterocycles. The van der Waals surface area contributed by atoms with Crippen molar-refractivity contribution < 1.29 is 18.3 Å². The first-order valence-electron chi connectivity index (χ1n) is 5.09. The largest absolute Gasteiger partial charge is 0.481 e.